The molecule has 3 nitrogen and oxygen atoms in total. The Balaban J connectivity index is 3.38. The van der Waals surface area contributed by atoms with Gasteiger partial charge in [-0.3, -0.25) is 4.79 Å². The molecule has 0 atom stereocenters. The van der Waals surface area contributed by atoms with Crippen molar-refractivity contribution in [1.29, 1.82) is 0 Å². The van der Waals surface area contributed by atoms with Crippen LogP contribution in [0.1, 0.15) is 90.4 Å². The van der Waals surface area contributed by atoms with Gasteiger partial charge in [0.05, 0.1) is 0 Å². The molecule has 0 bridgehead atoms. The van der Waals surface area contributed by atoms with Gasteiger partial charge >= 0.3 is 5.97 Å². The summed E-state index contributed by atoms with van der Waals surface area (Å²) in [5, 5.41) is 8.51. The minimum absolute atomic E-state index is 0.287. The van der Waals surface area contributed by atoms with E-state index in [0.717, 1.165) is 63.4 Å². The lowest BCUT2D eigenvalue weighted by molar-refractivity contribution is -0.137. The van der Waals surface area contributed by atoms with Crippen LogP contribution in [0.5, 0.6) is 0 Å². The minimum Gasteiger partial charge on any atom is -0.481 e. The molecule has 116 valence electrons. The zero-order valence-electron chi connectivity index (χ0n) is 13.0. The van der Waals surface area contributed by atoms with E-state index in [4.69, 9.17) is 5.11 Å². The number of carbonyl (C=O) groups excluding carboxylic acids is 1. The highest BCUT2D eigenvalue weighted by Crippen LogP contribution is 2.15. The van der Waals surface area contributed by atoms with Crippen molar-refractivity contribution in [3.8, 4) is 0 Å². The molecule has 0 unspecified atom stereocenters. The Hall–Kier alpha value is -1.08. The van der Waals surface area contributed by atoms with E-state index < -0.39 is 5.97 Å². The molecule has 0 aromatic heterocycles. The summed E-state index contributed by atoms with van der Waals surface area (Å²) in [6.07, 6.45) is 13.1. The molecule has 0 aromatic carbocycles. The van der Waals surface area contributed by atoms with Crippen LogP contribution in [-0.2, 0) is 9.59 Å². The van der Waals surface area contributed by atoms with Crippen LogP contribution < -0.4 is 0 Å². The first-order chi connectivity index (χ1) is 9.70. The van der Waals surface area contributed by atoms with Crippen molar-refractivity contribution in [2.24, 2.45) is 0 Å². The van der Waals surface area contributed by atoms with E-state index in [1.54, 1.807) is 0 Å². The molecule has 0 fully saturated rings. The van der Waals surface area contributed by atoms with E-state index in [1.807, 2.05) is 0 Å². The van der Waals surface area contributed by atoms with Gasteiger partial charge in [0.2, 0.25) is 0 Å². The van der Waals surface area contributed by atoms with Gasteiger partial charge in [-0.15, -0.1) is 0 Å². The van der Waals surface area contributed by atoms with Gasteiger partial charge in [0.25, 0.3) is 0 Å². The highest BCUT2D eigenvalue weighted by atomic mass is 16.4. The molecule has 0 saturated heterocycles. The van der Waals surface area contributed by atoms with E-state index in [1.165, 1.54) is 19.3 Å². The second-order valence-corrected chi connectivity index (χ2v) is 5.53. The third-order valence-electron chi connectivity index (χ3n) is 3.60. The van der Waals surface area contributed by atoms with Crippen molar-refractivity contribution < 1.29 is 14.7 Å². The molecule has 0 saturated carbocycles. The molecule has 0 rings (SSSR count). The predicted octanol–water partition coefficient (Wildman–Crippen LogP) is 4.92. The lowest BCUT2D eigenvalue weighted by atomic mass is 10.0. The minimum atomic E-state index is -0.700. The van der Waals surface area contributed by atoms with Crippen LogP contribution in [0.15, 0.2) is 5.57 Å². The molecule has 3 heteroatoms. The highest BCUT2D eigenvalue weighted by molar-refractivity contribution is 5.66. The molecular formula is C17H30O3. The summed E-state index contributed by atoms with van der Waals surface area (Å²) in [4.78, 5) is 21.2. The standard InChI is InChI=1S/C17H30O3/c1-2-3-4-9-12-16(15-18)13-10-7-5-6-8-11-14-17(19)20/h2-14H2,1H3,(H,19,20). The number of unbranched alkanes of at least 4 members (excludes halogenated alkanes) is 8. The zero-order chi connectivity index (χ0) is 15.1. The monoisotopic (exact) mass is 282 g/mol. The first-order valence-corrected chi connectivity index (χ1v) is 8.15. The summed E-state index contributed by atoms with van der Waals surface area (Å²) in [6.45, 7) is 2.19. The SMILES string of the molecule is CCCCCCC(=C=O)CCCCCCCCC(=O)O. The van der Waals surface area contributed by atoms with Gasteiger partial charge in [0.1, 0.15) is 5.94 Å². The Morgan fingerprint density at radius 1 is 0.800 bits per heavy atom. The maximum Gasteiger partial charge on any atom is 0.303 e. The van der Waals surface area contributed by atoms with Gasteiger partial charge in [-0.2, -0.15) is 0 Å². The van der Waals surface area contributed by atoms with Crippen LogP contribution in [0.25, 0.3) is 0 Å². The second-order valence-electron chi connectivity index (χ2n) is 5.53. The molecule has 0 aromatic rings. The summed E-state index contributed by atoms with van der Waals surface area (Å²) in [5.41, 5.74) is 0.951. The van der Waals surface area contributed by atoms with Crippen molar-refractivity contribution in [2.45, 2.75) is 90.4 Å². The number of aliphatic carboxylic acids is 1. The fourth-order valence-electron chi connectivity index (χ4n) is 2.31. The van der Waals surface area contributed by atoms with Crippen molar-refractivity contribution in [3.63, 3.8) is 0 Å². The smallest absolute Gasteiger partial charge is 0.303 e. The van der Waals surface area contributed by atoms with Crippen molar-refractivity contribution >= 4 is 11.9 Å². The number of rotatable bonds is 14. The maximum absolute atomic E-state index is 10.8. The van der Waals surface area contributed by atoms with Gasteiger partial charge < -0.3 is 5.11 Å². The molecule has 0 aliphatic carbocycles. The molecule has 0 amide bonds. The third kappa shape index (κ3) is 13.4. The Morgan fingerprint density at radius 2 is 1.25 bits per heavy atom. The van der Waals surface area contributed by atoms with Gasteiger partial charge in [-0.25, -0.2) is 4.79 Å². The Kier molecular flexibility index (Phi) is 13.6. The largest absolute Gasteiger partial charge is 0.481 e. The maximum atomic E-state index is 10.8. The second kappa shape index (κ2) is 14.3. The molecule has 0 aliphatic heterocycles. The normalized spacial score (nSPS) is 10.2. The van der Waals surface area contributed by atoms with E-state index in [2.05, 4.69) is 12.9 Å². The number of hydrogen-bond acceptors (Lipinski definition) is 2. The summed E-state index contributed by atoms with van der Waals surface area (Å²) < 4.78 is 0. The van der Waals surface area contributed by atoms with E-state index in [9.17, 15) is 9.59 Å². The van der Waals surface area contributed by atoms with Crippen LogP contribution in [0.3, 0.4) is 0 Å². The fraction of sp³-hybridized carbons (Fsp3) is 0.824. The van der Waals surface area contributed by atoms with E-state index in [-0.39, 0.29) is 6.42 Å². The van der Waals surface area contributed by atoms with E-state index >= 15 is 0 Å². The highest BCUT2D eigenvalue weighted by Gasteiger charge is 2.00. The summed E-state index contributed by atoms with van der Waals surface area (Å²) >= 11 is 0. The topological polar surface area (TPSA) is 54.4 Å². The van der Waals surface area contributed by atoms with Crippen molar-refractivity contribution in [3.05, 3.63) is 5.57 Å². The first kappa shape index (κ1) is 18.9. The Labute approximate surface area is 123 Å². The zero-order valence-corrected chi connectivity index (χ0v) is 13.0. The summed E-state index contributed by atoms with van der Waals surface area (Å²) in [5.74, 6) is 1.40. The molecule has 0 spiro atoms. The van der Waals surface area contributed by atoms with Crippen LogP contribution in [0.2, 0.25) is 0 Å². The number of carbonyl (C=O) groups is 1. The van der Waals surface area contributed by atoms with Gasteiger partial charge in [-0.1, -0.05) is 51.9 Å². The summed E-state index contributed by atoms with van der Waals surface area (Å²) in [6, 6.07) is 0. The Morgan fingerprint density at radius 3 is 1.70 bits per heavy atom. The predicted molar refractivity (Wildman–Crippen MR) is 82.5 cm³/mol. The van der Waals surface area contributed by atoms with Crippen molar-refractivity contribution in [1.82, 2.24) is 0 Å². The fourth-order valence-corrected chi connectivity index (χ4v) is 2.31. The van der Waals surface area contributed by atoms with Crippen LogP contribution >= 0.6 is 0 Å². The van der Waals surface area contributed by atoms with Crippen LogP contribution in [0, 0.1) is 0 Å². The average molecular weight is 282 g/mol. The van der Waals surface area contributed by atoms with Crippen LogP contribution in [-0.4, -0.2) is 17.0 Å². The molecule has 1 N–H and O–H groups in total. The number of carboxylic acids is 1. The molecule has 0 radical (unpaired) electrons. The van der Waals surface area contributed by atoms with E-state index in [0.29, 0.717) is 0 Å². The first-order valence-electron chi connectivity index (χ1n) is 8.15. The molecule has 0 heterocycles. The molecule has 20 heavy (non-hydrogen) atoms. The lowest BCUT2D eigenvalue weighted by Gasteiger charge is -2.04. The van der Waals surface area contributed by atoms with Crippen molar-refractivity contribution in [2.75, 3.05) is 0 Å². The molecular weight excluding hydrogens is 252 g/mol. The average Bonchev–Trinajstić information content (AvgIpc) is 2.43. The third-order valence-corrected chi connectivity index (χ3v) is 3.60. The van der Waals surface area contributed by atoms with Crippen LogP contribution in [0.4, 0.5) is 0 Å². The quantitative estimate of drug-likeness (QED) is 0.363. The Bertz CT molecular complexity index is 291. The van der Waals surface area contributed by atoms with Gasteiger partial charge in [-0.05, 0) is 32.1 Å². The number of carboxylic acid groups (broad SMARTS) is 1. The van der Waals surface area contributed by atoms with Gasteiger partial charge in [0, 0.05) is 12.0 Å². The number of hydrogen-bond donors (Lipinski definition) is 1. The van der Waals surface area contributed by atoms with Gasteiger partial charge in [0.15, 0.2) is 0 Å². The summed E-state index contributed by atoms with van der Waals surface area (Å²) in [7, 11) is 0. The lowest BCUT2D eigenvalue weighted by Crippen LogP contribution is -1.93. The number of allylic oxidation sites excluding steroid dienone is 1. The molecule has 0 aliphatic rings.